The minimum Gasteiger partial charge on any atom is -0.550 e. The first-order chi connectivity index (χ1) is 10.7. The summed E-state index contributed by atoms with van der Waals surface area (Å²) < 4.78 is 0. The van der Waals surface area contributed by atoms with E-state index >= 15 is 0 Å². The summed E-state index contributed by atoms with van der Waals surface area (Å²) >= 11 is 0. The van der Waals surface area contributed by atoms with Crippen LogP contribution < -0.4 is 5.11 Å². The van der Waals surface area contributed by atoms with E-state index in [1.807, 2.05) is 0 Å². The fourth-order valence-electron chi connectivity index (χ4n) is 3.45. The summed E-state index contributed by atoms with van der Waals surface area (Å²) in [7, 11) is 0. The largest absolute Gasteiger partial charge is 0.550 e. The van der Waals surface area contributed by atoms with E-state index in [0.717, 1.165) is 31.1 Å². The maximum atomic E-state index is 10.3. The molecule has 3 nitrogen and oxygen atoms in total. The Bertz CT molecular complexity index is 278. The molecule has 0 radical (unpaired) electrons. The number of aliphatic carboxylic acids is 1. The molecule has 1 rings (SSSR count). The lowest BCUT2D eigenvalue weighted by molar-refractivity contribution is -0.305. The van der Waals surface area contributed by atoms with Crippen molar-refractivity contribution < 1.29 is 15.0 Å². The van der Waals surface area contributed by atoms with Crippen molar-refractivity contribution in [3.05, 3.63) is 0 Å². The second-order valence-electron chi connectivity index (χ2n) is 7.07. The predicted octanol–water partition coefficient (Wildman–Crippen LogP) is 3.83. The summed E-state index contributed by atoms with van der Waals surface area (Å²) in [6.07, 6.45) is 17.6. The number of hydrogen-bond acceptors (Lipinski definition) is 3. The molecular weight excluding hydrogens is 276 g/mol. The number of carboxylic acids is 1. The van der Waals surface area contributed by atoms with Gasteiger partial charge in [0.1, 0.15) is 0 Å². The van der Waals surface area contributed by atoms with Gasteiger partial charge in [-0.15, -0.1) is 0 Å². The highest BCUT2D eigenvalue weighted by atomic mass is 16.4. The SMILES string of the molecule is O=C([O-])CCCCCCCC1CC1CCCCCCCCO. The number of hydrogen-bond donors (Lipinski definition) is 1. The predicted molar refractivity (Wildman–Crippen MR) is 88.3 cm³/mol. The van der Waals surface area contributed by atoms with Crippen molar-refractivity contribution in [2.24, 2.45) is 11.8 Å². The van der Waals surface area contributed by atoms with Gasteiger partial charge in [0, 0.05) is 12.6 Å². The molecule has 1 fully saturated rings. The summed E-state index contributed by atoms with van der Waals surface area (Å²) in [6.45, 7) is 0.348. The average molecular weight is 311 g/mol. The number of unbranched alkanes of at least 4 members (excludes halogenated alkanes) is 9. The van der Waals surface area contributed by atoms with Gasteiger partial charge in [-0.3, -0.25) is 0 Å². The molecule has 1 aliphatic carbocycles. The Kier molecular flexibility index (Phi) is 11.4. The topological polar surface area (TPSA) is 60.4 Å². The molecule has 0 aromatic rings. The van der Waals surface area contributed by atoms with Crippen molar-refractivity contribution in [3.8, 4) is 0 Å². The smallest absolute Gasteiger partial charge is 0.0431 e. The van der Waals surface area contributed by atoms with E-state index in [9.17, 15) is 9.90 Å². The van der Waals surface area contributed by atoms with E-state index < -0.39 is 5.97 Å². The van der Waals surface area contributed by atoms with Gasteiger partial charge in [-0.25, -0.2) is 0 Å². The van der Waals surface area contributed by atoms with E-state index in [1.165, 1.54) is 70.6 Å². The van der Waals surface area contributed by atoms with Crippen molar-refractivity contribution in [1.29, 1.82) is 0 Å². The Morgan fingerprint density at radius 1 is 0.773 bits per heavy atom. The van der Waals surface area contributed by atoms with Gasteiger partial charge in [0.15, 0.2) is 0 Å². The first kappa shape index (κ1) is 19.5. The molecule has 2 unspecified atom stereocenters. The van der Waals surface area contributed by atoms with Crippen LogP contribution in [0.2, 0.25) is 0 Å². The van der Waals surface area contributed by atoms with Crippen molar-refractivity contribution in [2.45, 2.75) is 96.3 Å². The number of carbonyl (C=O) groups excluding carboxylic acids is 1. The van der Waals surface area contributed by atoms with E-state index in [0.29, 0.717) is 6.61 Å². The highest BCUT2D eigenvalue weighted by Crippen LogP contribution is 2.45. The molecule has 0 spiro atoms. The lowest BCUT2D eigenvalue weighted by atomic mass is 10.0. The van der Waals surface area contributed by atoms with Crippen LogP contribution in [0, 0.1) is 11.8 Å². The van der Waals surface area contributed by atoms with Crippen LogP contribution >= 0.6 is 0 Å². The van der Waals surface area contributed by atoms with E-state index in [-0.39, 0.29) is 6.42 Å². The maximum absolute atomic E-state index is 10.3. The second kappa shape index (κ2) is 12.9. The molecule has 1 N–H and O–H groups in total. The fourth-order valence-corrected chi connectivity index (χ4v) is 3.45. The van der Waals surface area contributed by atoms with Crippen molar-refractivity contribution in [2.75, 3.05) is 6.61 Å². The van der Waals surface area contributed by atoms with Gasteiger partial charge in [-0.1, -0.05) is 70.6 Å². The highest BCUT2D eigenvalue weighted by molar-refractivity contribution is 5.63. The third kappa shape index (κ3) is 11.1. The first-order valence-corrected chi connectivity index (χ1v) is 9.54. The molecular formula is C19H35O3-. The Morgan fingerprint density at radius 3 is 1.73 bits per heavy atom. The number of carboxylic acid groups (broad SMARTS) is 1. The molecule has 3 heteroatoms. The Balaban J connectivity index is 1.76. The molecule has 2 atom stereocenters. The lowest BCUT2D eigenvalue weighted by Gasteiger charge is -2.03. The molecule has 1 aliphatic rings. The molecule has 0 aliphatic heterocycles. The summed E-state index contributed by atoms with van der Waals surface area (Å²) in [5.41, 5.74) is 0. The molecule has 0 heterocycles. The average Bonchev–Trinajstić information content (AvgIpc) is 3.23. The zero-order valence-electron chi connectivity index (χ0n) is 14.2. The highest BCUT2D eigenvalue weighted by Gasteiger charge is 2.34. The van der Waals surface area contributed by atoms with Crippen LogP contribution in [-0.4, -0.2) is 17.7 Å². The Morgan fingerprint density at radius 2 is 1.23 bits per heavy atom. The molecule has 1 saturated carbocycles. The van der Waals surface area contributed by atoms with Crippen LogP contribution in [0.15, 0.2) is 0 Å². The van der Waals surface area contributed by atoms with Crippen molar-refractivity contribution in [3.63, 3.8) is 0 Å². The summed E-state index contributed by atoms with van der Waals surface area (Å²) in [5.74, 6) is 1.10. The van der Waals surface area contributed by atoms with E-state index in [2.05, 4.69) is 0 Å². The quantitative estimate of drug-likeness (QED) is 0.441. The van der Waals surface area contributed by atoms with Gasteiger partial charge < -0.3 is 15.0 Å². The molecule has 0 saturated heterocycles. The van der Waals surface area contributed by atoms with Crippen LogP contribution in [0.25, 0.3) is 0 Å². The molecule has 22 heavy (non-hydrogen) atoms. The van der Waals surface area contributed by atoms with Crippen LogP contribution in [0.1, 0.15) is 96.3 Å². The van der Waals surface area contributed by atoms with Gasteiger partial charge in [0.2, 0.25) is 0 Å². The van der Waals surface area contributed by atoms with Crippen LogP contribution in [-0.2, 0) is 4.79 Å². The summed E-state index contributed by atoms with van der Waals surface area (Å²) in [4.78, 5) is 10.3. The number of aliphatic hydroxyl groups is 1. The first-order valence-electron chi connectivity index (χ1n) is 9.54. The molecule has 130 valence electrons. The van der Waals surface area contributed by atoms with Crippen LogP contribution in [0.3, 0.4) is 0 Å². The molecule has 0 aromatic carbocycles. The number of aliphatic hydroxyl groups excluding tert-OH is 1. The van der Waals surface area contributed by atoms with Crippen molar-refractivity contribution >= 4 is 5.97 Å². The minimum absolute atomic E-state index is 0.227. The minimum atomic E-state index is -0.908. The van der Waals surface area contributed by atoms with E-state index in [1.54, 1.807) is 0 Å². The third-order valence-electron chi connectivity index (χ3n) is 5.01. The number of carbonyl (C=O) groups is 1. The van der Waals surface area contributed by atoms with Gasteiger partial charge >= 0.3 is 0 Å². The van der Waals surface area contributed by atoms with Gasteiger partial charge in [0.05, 0.1) is 0 Å². The van der Waals surface area contributed by atoms with Crippen LogP contribution in [0.4, 0.5) is 0 Å². The summed E-state index contributed by atoms with van der Waals surface area (Å²) in [6, 6.07) is 0. The zero-order valence-corrected chi connectivity index (χ0v) is 14.2. The van der Waals surface area contributed by atoms with Crippen molar-refractivity contribution in [1.82, 2.24) is 0 Å². The molecule has 0 aromatic heterocycles. The monoisotopic (exact) mass is 311 g/mol. The zero-order chi connectivity index (χ0) is 16.0. The van der Waals surface area contributed by atoms with E-state index in [4.69, 9.17) is 5.11 Å². The number of rotatable bonds is 16. The van der Waals surface area contributed by atoms with Gasteiger partial charge in [-0.2, -0.15) is 0 Å². The molecule has 0 bridgehead atoms. The standard InChI is InChI=1S/C19H36O3/c20-15-11-7-2-1-4-8-12-17-16-18(17)13-9-5-3-6-10-14-19(21)22/h17-18,20H,1-16H2,(H,21,22)/p-1. The molecule has 0 amide bonds. The van der Waals surface area contributed by atoms with Crippen LogP contribution in [0.5, 0.6) is 0 Å². The fraction of sp³-hybridized carbons (Fsp3) is 0.947. The maximum Gasteiger partial charge on any atom is 0.0431 e. The third-order valence-corrected chi connectivity index (χ3v) is 5.01. The normalized spacial score (nSPS) is 20.2. The lowest BCUT2D eigenvalue weighted by Crippen LogP contribution is -2.21. The summed E-state index contributed by atoms with van der Waals surface area (Å²) in [5, 5.41) is 19.0. The Hall–Kier alpha value is -0.570. The Labute approximate surface area is 136 Å². The second-order valence-corrected chi connectivity index (χ2v) is 7.07. The van der Waals surface area contributed by atoms with Gasteiger partial charge in [-0.05, 0) is 37.5 Å². The van der Waals surface area contributed by atoms with Gasteiger partial charge in [0.25, 0.3) is 0 Å².